The van der Waals surface area contributed by atoms with E-state index in [-0.39, 0.29) is 11.3 Å². The van der Waals surface area contributed by atoms with E-state index >= 15 is 0 Å². The largest absolute Gasteiger partial charge is 0.481 e. The van der Waals surface area contributed by atoms with Crippen LogP contribution in [0.25, 0.3) is 0 Å². The third-order valence-corrected chi connectivity index (χ3v) is 1.81. The summed E-state index contributed by atoms with van der Waals surface area (Å²) in [4.78, 5) is 10.5. The summed E-state index contributed by atoms with van der Waals surface area (Å²) in [6.45, 7) is 5.61. The average Bonchev–Trinajstić information content (AvgIpc) is 1.60. The average molecular weight is 165 g/mol. The summed E-state index contributed by atoms with van der Waals surface area (Å²) in [6.07, 6.45) is 0. The second-order valence-electron chi connectivity index (χ2n) is 3.41. The Morgan fingerprint density at radius 1 is 1.60 bits per heavy atom. The van der Waals surface area contributed by atoms with Crippen LogP contribution < -0.4 is 0 Å². The summed E-state index contributed by atoms with van der Waals surface area (Å²) >= 11 is 5.47. The van der Waals surface area contributed by atoms with E-state index in [1.807, 2.05) is 20.8 Å². The number of hydrogen-bond acceptors (Lipinski definition) is 1. The van der Waals surface area contributed by atoms with Gasteiger partial charge in [0.05, 0.1) is 5.92 Å². The third-order valence-electron chi connectivity index (χ3n) is 1.50. The van der Waals surface area contributed by atoms with Crippen molar-refractivity contribution in [2.24, 2.45) is 11.3 Å². The molecule has 3 heteroatoms. The lowest BCUT2D eigenvalue weighted by Crippen LogP contribution is -2.29. The number of carboxylic acids is 1. The minimum absolute atomic E-state index is 0.179. The summed E-state index contributed by atoms with van der Waals surface area (Å²) in [5.41, 5.74) is -0.242. The SMILES string of the molecule is CC(C)(C)C(CCl)C(=O)O. The Hall–Kier alpha value is -0.240. The van der Waals surface area contributed by atoms with Gasteiger partial charge < -0.3 is 5.11 Å². The van der Waals surface area contributed by atoms with Crippen LogP contribution in [-0.4, -0.2) is 17.0 Å². The maximum atomic E-state index is 10.5. The number of halogens is 1. The molecule has 0 bridgehead atoms. The highest BCUT2D eigenvalue weighted by molar-refractivity contribution is 6.19. The van der Waals surface area contributed by atoms with Gasteiger partial charge in [0.15, 0.2) is 0 Å². The standard InChI is InChI=1S/C7H13ClO2/c1-7(2,3)5(4-8)6(9)10/h5H,4H2,1-3H3,(H,9,10). The zero-order valence-electron chi connectivity index (χ0n) is 6.52. The van der Waals surface area contributed by atoms with E-state index in [9.17, 15) is 4.79 Å². The molecule has 0 saturated heterocycles. The lowest BCUT2D eigenvalue weighted by atomic mass is 9.82. The molecule has 0 fully saturated rings. The van der Waals surface area contributed by atoms with Crippen molar-refractivity contribution in [3.8, 4) is 0 Å². The van der Waals surface area contributed by atoms with Crippen LogP contribution >= 0.6 is 11.6 Å². The smallest absolute Gasteiger partial charge is 0.308 e. The molecule has 1 atom stereocenters. The summed E-state index contributed by atoms with van der Waals surface area (Å²) < 4.78 is 0. The highest BCUT2D eigenvalue weighted by atomic mass is 35.5. The van der Waals surface area contributed by atoms with Gasteiger partial charge in [-0.1, -0.05) is 20.8 Å². The Morgan fingerprint density at radius 3 is 2.00 bits per heavy atom. The molecule has 0 aromatic rings. The van der Waals surface area contributed by atoms with Crippen molar-refractivity contribution in [3.05, 3.63) is 0 Å². The molecule has 0 aliphatic carbocycles. The predicted octanol–water partition coefficient (Wildman–Crippen LogP) is 1.97. The number of aliphatic carboxylic acids is 1. The minimum atomic E-state index is -0.817. The lowest BCUT2D eigenvalue weighted by Gasteiger charge is -2.24. The molecular weight excluding hydrogens is 152 g/mol. The van der Waals surface area contributed by atoms with Crippen LogP contribution in [0.15, 0.2) is 0 Å². The van der Waals surface area contributed by atoms with Crippen LogP contribution in [0, 0.1) is 11.3 Å². The molecule has 0 aliphatic heterocycles. The second-order valence-corrected chi connectivity index (χ2v) is 3.72. The zero-order chi connectivity index (χ0) is 8.36. The van der Waals surface area contributed by atoms with E-state index in [0.29, 0.717) is 0 Å². The van der Waals surface area contributed by atoms with Gasteiger partial charge in [-0.3, -0.25) is 4.79 Å². The highest BCUT2D eigenvalue weighted by Gasteiger charge is 2.29. The number of hydrogen-bond donors (Lipinski definition) is 1. The number of carbonyl (C=O) groups is 1. The summed E-state index contributed by atoms with van der Waals surface area (Å²) in [5.74, 6) is -1.09. The van der Waals surface area contributed by atoms with Crippen molar-refractivity contribution >= 4 is 17.6 Å². The maximum absolute atomic E-state index is 10.5. The summed E-state index contributed by atoms with van der Waals surface area (Å²) in [7, 11) is 0. The van der Waals surface area contributed by atoms with Crippen LogP contribution in [0.2, 0.25) is 0 Å². The van der Waals surface area contributed by atoms with Crippen LogP contribution in [-0.2, 0) is 4.79 Å². The Balaban J connectivity index is 4.22. The first-order valence-corrected chi connectivity index (χ1v) is 3.72. The van der Waals surface area contributed by atoms with Crippen molar-refractivity contribution in [2.45, 2.75) is 20.8 Å². The van der Waals surface area contributed by atoms with Crippen molar-refractivity contribution in [1.82, 2.24) is 0 Å². The quantitative estimate of drug-likeness (QED) is 0.634. The third kappa shape index (κ3) is 2.56. The molecule has 0 amide bonds. The molecular formula is C7H13ClO2. The van der Waals surface area contributed by atoms with Gasteiger partial charge in [0, 0.05) is 5.88 Å². The van der Waals surface area contributed by atoms with Gasteiger partial charge in [-0.15, -0.1) is 11.6 Å². The molecule has 0 aliphatic rings. The molecule has 0 aromatic heterocycles. The maximum Gasteiger partial charge on any atom is 0.308 e. The van der Waals surface area contributed by atoms with E-state index in [4.69, 9.17) is 16.7 Å². The fraction of sp³-hybridized carbons (Fsp3) is 0.857. The fourth-order valence-electron chi connectivity index (χ4n) is 0.668. The molecule has 0 spiro atoms. The molecule has 1 N–H and O–H groups in total. The summed E-state index contributed by atoms with van der Waals surface area (Å²) in [6, 6.07) is 0. The van der Waals surface area contributed by atoms with Crippen molar-refractivity contribution in [2.75, 3.05) is 5.88 Å². The van der Waals surface area contributed by atoms with Crippen molar-refractivity contribution in [1.29, 1.82) is 0 Å². The number of rotatable bonds is 2. The zero-order valence-corrected chi connectivity index (χ0v) is 7.27. The van der Waals surface area contributed by atoms with Gasteiger partial charge in [0.1, 0.15) is 0 Å². The van der Waals surface area contributed by atoms with Crippen molar-refractivity contribution < 1.29 is 9.90 Å². The van der Waals surface area contributed by atoms with Gasteiger partial charge in [-0.2, -0.15) is 0 Å². The van der Waals surface area contributed by atoms with E-state index in [0.717, 1.165) is 0 Å². The molecule has 0 saturated carbocycles. The molecule has 60 valence electrons. The van der Waals surface area contributed by atoms with E-state index in [1.54, 1.807) is 0 Å². The van der Waals surface area contributed by atoms with Gasteiger partial charge in [0.2, 0.25) is 0 Å². The van der Waals surface area contributed by atoms with E-state index in [2.05, 4.69) is 0 Å². The van der Waals surface area contributed by atoms with Crippen LogP contribution in [0.3, 0.4) is 0 Å². The summed E-state index contributed by atoms with van der Waals surface area (Å²) in [5, 5.41) is 8.62. The van der Waals surface area contributed by atoms with E-state index < -0.39 is 11.9 Å². The Bertz CT molecular complexity index is 126. The molecule has 0 heterocycles. The first-order valence-electron chi connectivity index (χ1n) is 3.18. The van der Waals surface area contributed by atoms with Crippen LogP contribution in [0.1, 0.15) is 20.8 Å². The van der Waals surface area contributed by atoms with E-state index in [1.165, 1.54) is 0 Å². The van der Waals surface area contributed by atoms with Crippen LogP contribution in [0.4, 0.5) is 0 Å². The Morgan fingerprint density at radius 2 is 2.00 bits per heavy atom. The fourth-order valence-corrected chi connectivity index (χ4v) is 1.26. The second kappa shape index (κ2) is 3.24. The topological polar surface area (TPSA) is 37.3 Å². The number of carboxylic acid groups (broad SMARTS) is 1. The van der Waals surface area contributed by atoms with Gasteiger partial charge >= 0.3 is 5.97 Å². The first kappa shape index (κ1) is 9.76. The van der Waals surface area contributed by atoms with Crippen molar-refractivity contribution in [3.63, 3.8) is 0 Å². The molecule has 2 nitrogen and oxygen atoms in total. The molecule has 0 aromatic carbocycles. The molecule has 0 rings (SSSR count). The predicted molar refractivity (Wildman–Crippen MR) is 41.3 cm³/mol. The lowest BCUT2D eigenvalue weighted by molar-refractivity contribution is -0.144. The minimum Gasteiger partial charge on any atom is -0.481 e. The highest BCUT2D eigenvalue weighted by Crippen LogP contribution is 2.26. The monoisotopic (exact) mass is 164 g/mol. The normalized spacial score (nSPS) is 14.8. The molecule has 1 unspecified atom stereocenters. The molecule has 0 radical (unpaired) electrons. The molecule has 10 heavy (non-hydrogen) atoms. The van der Waals surface area contributed by atoms with Gasteiger partial charge in [0.25, 0.3) is 0 Å². The Kier molecular flexibility index (Phi) is 3.16. The van der Waals surface area contributed by atoms with Crippen LogP contribution in [0.5, 0.6) is 0 Å². The first-order chi connectivity index (χ1) is 4.39. The van der Waals surface area contributed by atoms with Gasteiger partial charge in [-0.25, -0.2) is 0 Å². The van der Waals surface area contributed by atoms with Gasteiger partial charge in [-0.05, 0) is 5.41 Å². The number of alkyl halides is 1. The Labute approximate surface area is 66.2 Å².